The van der Waals surface area contributed by atoms with Crippen molar-refractivity contribution in [2.75, 3.05) is 7.05 Å². The fraction of sp³-hybridized carbons (Fsp3) is 0.176. The first-order chi connectivity index (χ1) is 10.1. The summed E-state index contributed by atoms with van der Waals surface area (Å²) < 4.78 is 19.3. The van der Waals surface area contributed by atoms with E-state index >= 15 is 0 Å². The second-order valence-electron chi connectivity index (χ2n) is 5.01. The Morgan fingerprint density at radius 2 is 1.86 bits per heavy atom. The molecule has 0 spiro atoms. The van der Waals surface area contributed by atoms with Crippen LogP contribution in [0.15, 0.2) is 46.9 Å². The van der Waals surface area contributed by atoms with E-state index in [2.05, 4.69) is 5.32 Å². The van der Waals surface area contributed by atoms with Crippen LogP contribution in [0.2, 0.25) is 5.02 Å². The van der Waals surface area contributed by atoms with Crippen molar-refractivity contribution in [3.05, 3.63) is 70.2 Å². The van der Waals surface area contributed by atoms with E-state index in [1.165, 1.54) is 12.1 Å². The van der Waals surface area contributed by atoms with Crippen molar-refractivity contribution in [1.82, 2.24) is 5.32 Å². The number of hydrogen-bond acceptors (Lipinski definition) is 2. The van der Waals surface area contributed by atoms with Crippen LogP contribution in [-0.4, -0.2) is 7.05 Å². The summed E-state index contributed by atoms with van der Waals surface area (Å²) >= 11 is 5.93. The standard InChI is InChI=1S/C17H15ClFNO/c1-10-14-9-13(19)7-8-15(14)21-17(10)16(20-2)11-3-5-12(18)6-4-11/h3-9,16,20H,1-2H3. The van der Waals surface area contributed by atoms with Crippen LogP contribution in [-0.2, 0) is 0 Å². The fourth-order valence-electron chi connectivity index (χ4n) is 2.59. The molecule has 21 heavy (non-hydrogen) atoms. The molecule has 0 aliphatic heterocycles. The Morgan fingerprint density at radius 1 is 1.14 bits per heavy atom. The molecule has 0 fully saturated rings. The van der Waals surface area contributed by atoms with Gasteiger partial charge in [0.1, 0.15) is 17.2 Å². The number of furan rings is 1. The van der Waals surface area contributed by atoms with Crippen molar-refractivity contribution >= 4 is 22.6 Å². The van der Waals surface area contributed by atoms with Crippen LogP contribution in [0, 0.1) is 12.7 Å². The summed E-state index contributed by atoms with van der Waals surface area (Å²) in [5.41, 5.74) is 2.68. The predicted molar refractivity (Wildman–Crippen MR) is 83.3 cm³/mol. The molecule has 3 aromatic rings. The van der Waals surface area contributed by atoms with Gasteiger partial charge in [-0.2, -0.15) is 0 Å². The van der Waals surface area contributed by atoms with E-state index in [0.29, 0.717) is 10.6 Å². The number of aryl methyl sites for hydroxylation is 1. The molecular formula is C17H15ClFNO. The second-order valence-corrected chi connectivity index (χ2v) is 5.44. The Hall–Kier alpha value is -1.84. The summed E-state index contributed by atoms with van der Waals surface area (Å²) in [7, 11) is 1.87. The minimum atomic E-state index is -0.259. The molecule has 1 N–H and O–H groups in total. The summed E-state index contributed by atoms with van der Waals surface area (Å²) in [6.07, 6.45) is 0. The zero-order chi connectivity index (χ0) is 15.0. The summed E-state index contributed by atoms with van der Waals surface area (Å²) in [5, 5.41) is 4.74. The molecule has 2 aromatic carbocycles. The fourth-order valence-corrected chi connectivity index (χ4v) is 2.72. The highest BCUT2D eigenvalue weighted by molar-refractivity contribution is 6.30. The number of nitrogens with one attached hydrogen (secondary N) is 1. The minimum absolute atomic E-state index is 0.0993. The average molecular weight is 304 g/mol. The zero-order valence-corrected chi connectivity index (χ0v) is 12.5. The molecule has 1 unspecified atom stereocenters. The number of halogens is 2. The van der Waals surface area contributed by atoms with Gasteiger partial charge in [-0.15, -0.1) is 0 Å². The Bertz CT molecular complexity index is 779. The first-order valence-corrected chi connectivity index (χ1v) is 7.09. The van der Waals surface area contributed by atoms with Gasteiger partial charge in [0.05, 0.1) is 6.04 Å². The molecule has 1 aromatic heterocycles. The van der Waals surface area contributed by atoms with E-state index in [-0.39, 0.29) is 11.9 Å². The molecule has 0 amide bonds. The Morgan fingerprint density at radius 3 is 2.52 bits per heavy atom. The van der Waals surface area contributed by atoms with Crippen LogP contribution in [0.4, 0.5) is 4.39 Å². The first-order valence-electron chi connectivity index (χ1n) is 6.71. The third-order valence-electron chi connectivity index (χ3n) is 3.69. The second kappa shape index (κ2) is 5.51. The van der Waals surface area contributed by atoms with Crippen molar-refractivity contribution in [3.8, 4) is 0 Å². The van der Waals surface area contributed by atoms with Crippen LogP contribution < -0.4 is 5.32 Å². The molecule has 2 nitrogen and oxygen atoms in total. The third-order valence-corrected chi connectivity index (χ3v) is 3.94. The van der Waals surface area contributed by atoms with E-state index in [0.717, 1.165) is 22.3 Å². The van der Waals surface area contributed by atoms with Gasteiger partial charge in [0.2, 0.25) is 0 Å². The molecular weight excluding hydrogens is 289 g/mol. The third kappa shape index (κ3) is 2.55. The van der Waals surface area contributed by atoms with Crippen molar-refractivity contribution in [2.24, 2.45) is 0 Å². The smallest absolute Gasteiger partial charge is 0.134 e. The van der Waals surface area contributed by atoms with Crippen LogP contribution in [0.1, 0.15) is 22.9 Å². The van der Waals surface area contributed by atoms with E-state index in [4.69, 9.17) is 16.0 Å². The maximum atomic E-state index is 13.4. The van der Waals surface area contributed by atoms with Gasteiger partial charge in [0.25, 0.3) is 0 Å². The largest absolute Gasteiger partial charge is 0.459 e. The number of rotatable bonds is 3. The van der Waals surface area contributed by atoms with Gasteiger partial charge in [-0.25, -0.2) is 4.39 Å². The zero-order valence-electron chi connectivity index (χ0n) is 11.8. The minimum Gasteiger partial charge on any atom is -0.459 e. The van der Waals surface area contributed by atoms with Crippen LogP contribution in [0.5, 0.6) is 0 Å². The van der Waals surface area contributed by atoms with Gasteiger partial charge in [-0.1, -0.05) is 23.7 Å². The Kier molecular flexibility index (Phi) is 3.70. The van der Waals surface area contributed by atoms with Gasteiger partial charge in [-0.3, -0.25) is 0 Å². The molecule has 0 aliphatic rings. The highest BCUT2D eigenvalue weighted by atomic mass is 35.5. The number of benzene rings is 2. The lowest BCUT2D eigenvalue weighted by atomic mass is 10.0. The molecule has 0 radical (unpaired) electrons. The SMILES string of the molecule is CNC(c1ccc(Cl)cc1)c1oc2ccc(F)cc2c1C. The van der Waals surface area contributed by atoms with Crippen LogP contribution in [0.25, 0.3) is 11.0 Å². The molecule has 0 saturated carbocycles. The molecule has 3 rings (SSSR count). The molecule has 0 saturated heterocycles. The normalized spacial score (nSPS) is 12.8. The van der Waals surface area contributed by atoms with Crippen molar-refractivity contribution in [2.45, 2.75) is 13.0 Å². The van der Waals surface area contributed by atoms with Gasteiger partial charge < -0.3 is 9.73 Å². The van der Waals surface area contributed by atoms with Gasteiger partial charge in [-0.05, 0) is 49.9 Å². The summed E-state index contributed by atoms with van der Waals surface area (Å²) in [5.74, 6) is 0.533. The molecule has 1 heterocycles. The highest BCUT2D eigenvalue weighted by Gasteiger charge is 2.21. The molecule has 108 valence electrons. The van der Waals surface area contributed by atoms with E-state index < -0.39 is 0 Å². The maximum Gasteiger partial charge on any atom is 0.134 e. The Labute approximate surface area is 127 Å². The first kappa shape index (κ1) is 14.1. The molecule has 4 heteroatoms. The van der Waals surface area contributed by atoms with Crippen molar-refractivity contribution < 1.29 is 8.81 Å². The molecule has 0 bridgehead atoms. The molecule has 1 atom stereocenters. The van der Waals surface area contributed by atoms with Crippen LogP contribution in [0.3, 0.4) is 0 Å². The Balaban J connectivity index is 2.12. The topological polar surface area (TPSA) is 25.2 Å². The predicted octanol–water partition coefficient (Wildman–Crippen LogP) is 4.84. The van der Waals surface area contributed by atoms with Gasteiger partial charge >= 0.3 is 0 Å². The van der Waals surface area contributed by atoms with Gasteiger partial charge in [0, 0.05) is 16.0 Å². The number of fused-ring (bicyclic) bond motifs is 1. The quantitative estimate of drug-likeness (QED) is 0.749. The number of hydrogen-bond donors (Lipinski definition) is 1. The molecule has 0 aliphatic carbocycles. The summed E-state index contributed by atoms with van der Waals surface area (Å²) in [6.45, 7) is 1.95. The average Bonchev–Trinajstić information content (AvgIpc) is 2.79. The van der Waals surface area contributed by atoms with Gasteiger partial charge in [0.15, 0.2) is 0 Å². The lowest BCUT2D eigenvalue weighted by Crippen LogP contribution is -2.17. The van der Waals surface area contributed by atoms with E-state index in [1.54, 1.807) is 6.07 Å². The van der Waals surface area contributed by atoms with Crippen molar-refractivity contribution in [3.63, 3.8) is 0 Å². The summed E-state index contributed by atoms with van der Waals surface area (Å²) in [4.78, 5) is 0. The lowest BCUT2D eigenvalue weighted by Gasteiger charge is -2.15. The van der Waals surface area contributed by atoms with Crippen LogP contribution >= 0.6 is 11.6 Å². The van der Waals surface area contributed by atoms with E-state index in [9.17, 15) is 4.39 Å². The maximum absolute atomic E-state index is 13.4. The monoisotopic (exact) mass is 303 g/mol. The van der Waals surface area contributed by atoms with E-state index in [1.807, 2.05) is 38.2 Å². The lowest BCUT2D eigenvalue weighted by molar-refractivity contribution is 0.487. The summed E-state index contributed by atoms with van der Waals surface area (Å²) in [6, 6.07) is 12.1. The van der Waals surface area contributed by atoms with Crippen molar-refractivity contribution in [1.29, 1.82) is 0 Å². The highest BCUT2D eigenvalue weighted by Crippen LogP contribution is 2.33.